The van der Waals surface area contributed by atoms with Crippen molar-refractivity contribution >= 4 is 5.91 Å². The molecule has 1 aliphatic rings. The van der Waals surface area contributed by atoms with Gasteiger partial charge in [0.15, 0.2) is 0 Å². The number of carbonyl (C=O) groups excluding carboxylic acids is 1. The third kappa shape index (κ3) is 3.60. The van der Waals surface area contributed by atoms with E-state index in [0.29, 0.717) is 24.4 Å². The van der Waals surface area contributed by atoms with Crippen molar-refractivity contribution < 1.29 is 4.79 Å². The Balaban J connectivity index is 1.90. The summed E-state index contributed by atoms with van der Waals surface area (Å²) in [6, 6.07) is 0.754. The summed E-state index contributed by atoms with van der Waals surface area (Å²) in [4.78, 5) is 18.7. The molecule has 0 spiro atoms. The van der Waals surface area contributed by atoms with Gasteiger partial charge >= 0.3 is 0 Å². The lowest BCUT2D eigenvalue weighted by Crippen LogP contribution is -2.55. The second kappa shape index (κ2) is 6.39. The van der Waals surface area contributed by atoms with Gasteiger partial charge in [0.05, 0.1) is 0 Å². The first-order valence-corrected chi connectivity index (χ1v) is 7.52. The highest BCUT2D eigenvalue weighted by Crippen LogP contribution is 2.13. The quantitative estimate of drug-likeness (QED) is 0.910. The van der Waals surface area contributed by atoms with Gasteiger partial charge in [-0.1, -0.05) is 13.8 Å². The average molecular weight is 278 g/mol. The lowest BCUT2D eigenvalue weighted by molar-refractivity contribution is -0.133. The van der Waals surface area contributed by atoms with Gasteiger partial charge in [-0.25, -0.2) is 4.98 Å². The Kier molecular flexibility index (Phi) is 4.81. The zero-order valence-corrected chi connectivity index (χ0v) is 13.0. The van der Waals surface area contributed by atoms with Crippen molar-refractivity contribution in [1.82, 2.24) is 19.8 Å². The van der Waals surface area contributed by atoms with Crippen LogP contribution in [0.25, 0.3) is 0 Å². The minimum atomic E-state index is 0.244. The monoisotopic (exact) mass is 278 g/mol. The molecule has 1 N–H and O–H groups in total. The van der Waals surface area contributed by atoms with Crippen molar-refractivity contribution in [3.63, 3.8) is 0 Å². The molecule has 0 radical (unpaired) electrons. The molecular weight excluding hydrogens is 252 g/mol. The van der Waals surface area contributed by atoms with Gasteiger partial charge in [-0.3, -0.25) is 4.79 Å². The minimum Gasteiger partial charge on any atom is -0.340 e. The molecule has 1 amide bonds. The van der Waals surface area contributed by atoms with Crippen molar-refractivity contribution in [3.8, 4) is 0 Å². The van der Waals surface area contributed by atoms with Crippen LogP contribution in [-0.4, -0.2) is 45.5 Å². The molecule has 5 nitrogen and oxygen atoms in total. The van der Waals surface area contributed by atoms with E-state index >= 15 is 0 Å². The molecule has 1 fully saturated rings. The van der Waals surface area contributed by atoms with Crippen molar-refractivity contribution in [1.29, 1.82) is 0 Å². The van der Waals surface area contributed by atoms with E-state index in [1.165, 1.54) is 0 Å². The summed E-state index contributed by atoms with van der Waals surface area (Å²) in [7, 11) is 0. The van der Waals surface area contributed by atoms with Crippen LogP contribution in [0.15, 0.2) is 12.4 Å². The lowest BCUT2D eigenvalue weighted by atomic mass is 10.1. The van der Waals surface area contributed by atoms with E-state index in [-0.39, 0.29) is 5.91 Å². The number of aryl methyl sites for hydroxylation is 1. The van der Waals surface area contributed by atoms with Crippen LogP contribution in [0, 0.1) is 0 Å². The fraction of sp³-hybridized carbons (Fsp3) is 0.733. The van der Waals surface area contributed by atoms with Crippen LogP contribution < -0.4 is 5.32 Å². The van der Waals surface area contributed by atoms with Gasteiger partial charge in [0.2, 0.25) is 5.91 Å². The molecular formula is C15H26N4O. The Morgan fingerprint density at radius 2 is 2.05 bits per heavy atom. The van der Waals surface area contributed by atoms with E-state index in [0.717, 1.165) is 25.5 Å². The predicted molar refractivity (Wildman–Crippen MR) is 79.6 cm³/mol. The van der Waals surface area contributed by atoms with Gasteiger partial charge in [0.1, 0.15) is 5.82 Å². The molecule has 2 atom stereocenters. The number of hydrogen-bond donors (Lipinski definition) is 1. The van der Waals surface area contributed by atoms with Crippen LogP contribution in [0.4, 0.5) is 0 Å². The number of carbonyl (C=O) groups is 1. The van der Waals surface area contributed by atoms with Gasteiger partial charge in [0, 0.05) is 56.5 Å². The van der Waals surface area contributed by atoms with Crippen LogP contribution in [0.2, 0.25) is 0 Å². The SMILES string of the molecule is CC(C)c1nccn1CCC(=O)N1C[C@@H](C)N[C@@H](C)C1. The molecule has 112 valence electrons. The average Bonchev–Trinajstić information content (AvgIpc) is 2.83. The van der Waals surface area contributed by atoms with Crippen LogP contribution >= 0.6 is 0 Å². The Bertz CT molecular complexity index is 444. The summed E-state index contributed by atoms with van der Waals surface area (Å²) >= 11 is 0. The highest BCUT2D eigenvalue weighted by Gasteiger charge is 2.24. The molecule has 1 saturated heterocycles. The minimum absolute atomic E-state index is 0.244. The smallest absolute Gasteiger partial charge is 0.224 e. The number of rotatable bonds is 4. The topological polar surface area (TPSA) is 50.2 Å². The van der Waals surface area contributed by atoms with Gasteiger partial charge in [-0.05, 0) is 13.8 Å². The third-order valence-electron chi connectivity index (χ3n) is 3.74. The van der Waals surface area contributed by atoms with E-state index in [4.69, 9.17) is 0 Å². The molecule has 1 aliphatic heterocycles. The summed E-state index contributed by atoms with van der Waals surface area (Å²) in [5, 5.41) is 3.45. The molecule has 1 aromatic rings. The van der Waals surface area contributed by atoms with E-state index in [9.17, 15) is 4.79 Å². The summed E-state index contributed by atoms with van der Waals surface area (Å²) < 4.78 is 2.09. The fourth-order valence-corrected chi connectivity index (χ4v) is 2.92. The maximum absolute atomic E-state index is 12.3. The van der Waals surface area contributed by atoms with Crippen molar-refractivity contribution in [2.45, 2.75) is 58.7 Å². The van der Waals surface area contributed by atoms with Gasteiger partial charge in [-0.2, -0.15) is 0 Å². The number of amides is 1. The van der Waals surface area contributed by atoms with Gasteiger partial charge in [0.25, 0.3) is 0 Å². The normalized spacial score (nSPS) is 23.4. The summed E-state index contributed by atoms with van der Waals surface area (Å²) in [6.07, 6.45) is 4.33. The van der Waals surface area contributed by atoms with Crippen molar-refractivity contribution in [2.75, 3.05) is 13.1 Å². The van der Waals surface area contributed by atoms with Crippen molar-refractivity contribution in [3.05, 3.63) is 18.2 Å². The largest absolute Gasteiger partial charge is 0.340 e. The molecule has 1 aromatic heterocycles. The number of aromatic nitrogens is 2. The van der Waals surface area contributed by atoms with E-state index in [1.54, 1.807) is 0 Å². The van der Waals surface area contributed by atoms with E-state index in [1.807, 2.05) is 17.3 Å². The maximum Gasteiger partial charge on any atom is 0.224 e. The highest BCUT2D eigenvalue weighted by molar-refractivity contribution is 5.76. The molecule has 0 aliphatic carbocycles. The molecule has 2 rings (SSSR count). The predicted octanol–water partition coefficient (Wildman–Crippen LogP) is 1.61. The molecule has 0 unspecified atom stereocenters. The number of hydrogen-bond acceptors (Lipinski definition) is 3. The number of nitrogens with one attached hydrogen (secondary N) is 1. The lowest BCUT2D eigenvalue weighted by Gasteiger charge is -2.36. The number of imidazole rings is 1. The first-order chi connectivity index (χ1) is 9.47. The Labute approximate surface area is 121 Å². The van der Waals surface area contributed by atoms with Gasteiger partial charge < -0.3 is 14.8 Å². The number of piperazine rings is 1. The summed E-state index contributed by atoms with van der Waals surface area (Å²) in [5.74, 6) is 1.69. The first kappa shape index (κ1) is 15.0. The molecule has 5 heteroatoms. The maximum atomic E-state index is 12.3. The Hall–Kier alpha value is -1.36. The fourth-order valence-electron chi connectivity index (χ4n) is 2.92. The Morgan fingerprint density at radius 3 is 2.65 bits per heavy atom. The van der Waals surface area contributed by atoms with Crippen LogP contribution in [0.5, 0.6) is 0 Å². The number of nitrogens with zero attached hydrogens (tertiary/aromatic N) is 3. The first-order valence-electron chi connectivity index (χ1n) is 7.52. The standard InChI is InChI=1S/C15H26N4O/c1-11(2)15-16-6-8-18(15)7-5-14(20)19-9-12(3)17-13(4)10-19/h6,8,11-13,17H,5,7,9-10H2,1-4H3/t12-,13+. The summed E-state index contributed by atoms with van der Waals surface area (Å²) in [6.45, 7) is 10.8. The molecule has 2 heterocycles. The molecule has 0 saturated carbocycles. The summed E-state index contributed by atoms with van der Waals surface area (Å²) in [5.41, 5.74) is 0. The van der Waals surface area contributed by atoms with Crippen LogP contribution in [0.1, 0.15) is 45.9 Å². The van der Waals surface area contributed by atoms with Crippen LogP contribution in [-0.2, 0) is 11.3 Å². The van der Waals surface area contributed by atoms with E-state index in [2.05, 4.69) is 42.6 Å². The second-order valence-electron chi connectivity index (χ2n) is 6.15. The molecule has 20 heavy (non-hydrogen) atoms. The Morgan fingerprint density at radius 1 is 1.40 bits per heavy atom. The third-order valence-corrected chi connectivity index (χ3v) is 3.74. The second-order valence-corrected chi connectivity index (χ2v) is 6.15. The molecule has 0 bridgehead atoms. The molecule has 0 aromatic carbocycles. The van der Waals surface area contributed by atoms with E-state index < -0.39 is 0 Å². The van der Waals surface area contributed by atoms with Gasteiger partial charge in [-0.15, -0.1) is 0 Å². The zero-order valence-electron chi connectivity index (χ0n) is 13.0. The highest BCUT2D eigenvalue weighted by atomic mass is 16.2. The van der Waals surface area contributed by atoms with Crippen molar-refractivity contribution in [2.24, 2.45) is 0 Å². The zero-order chi connectivity index (χ0) is 14.7. The van der Waals surface area contributed by atoms with Crippen LogP contribution in [0.3, 0.4) is 0 Å².